The highest BCUT2D eigenvalue weighted by Gasteiger charge is 2.27. The molecule has 0 saturated carbocycles. The molecule has 0 spiro atoms. The van der Waals surface area contributed by atoms with Crippen LogP contribution >= 0.6 is 31.9 Å². The molecule has 210 valence electrons. The number of rotatable bonds is 15. The number of aromatic nitrogens is 3. The zero-order valence-electron chi connectivity index (χ0n) is 21.6. The van der Waals surface area contributed by atoms with Crippen molar-refractivity contribution in [3.63, 3.8) is 0 Å². The van der Waals surface area contributed by atoms with Gasteiger partial charge in [0, 0.05) is 16.3 Å². The second-order valence-electron chi connectivity index (χ2n) is 8.65. The number of ether oxygens (including phenoxy) is 2. The molecule has 0 saturated heterocycles. The molecule has 1 heterocycles. The fourth-order valence-electron chi connectivity index (χ4n) is 3.18. The van der Waals surface area contributed by atoms with Crippen LogP contribution in [0.1, 0.15) is 37.7 Å². The van der Waals surface area contributed by atoms with Gasteiger partial charge in [-0.15, -0.1) is 0 Å². The fourth-order valence-corrected chi connectivity index (χ4v) is 4.05. The molecule has 12 nitrogen and oxygen atoms in total. The molecule has 0 aliphatic rings. The summed E-state index contributed by atoms with van der Waals surface area (Å²) in [5, 5.41) is 26.9. The number of anilines is 1. The quantitative estimate of drug-likeness (QED) is 0.168. The van der Waals surface area contributed by atoms with Crippen molar-refractivity contribution in [1.82, 2.24) is 25.6 Å². The van der Waals surface area contributed by atoms with Gasteiger partial charge in [0.05, 0.1) is 37.8 Å². The zero-order valence-corrected chi connectivity index (χ0v) is 24.7. The number of alkyl carbamates (subject to hydrolysis) is 1. The first-order valence-corrected chi connectivity index (χ1v) is 14.3. The van der Waals surface area contributed by atoms with Crippen molar-refractivity contribution in [2.45, 2.75) is 56.7 Å². The number of alkyl halides is 2. The monoisotopic (exact) mass is 660 g/mol. The molecule has 0 unspecified atom stereocenters. The summed E-state index contributed by atoms with van der Waals surface area (Å²) in [4.78, 5) is 39.0. The third-order valence-electron chi connectivity index (χ3n) is 5.33. The maximum Gasteiger partial charge on any atom is 0.407 e. The lowest BCUT2D eigenvalue weighted by atomic mass is 10.0. The SMILES string of the molecule is CC(C)[C@H](NC(=O)OCCOCCn1nc(CBr)c(CBr)n1)C(=O)N[C@@H](C)C(=O)Nc1ccc(CO)cc1. The molecule has 3 amide bonds. The summed E-state index contributed by atoms with van der Waals surface area (Å²) in [6.07, 6.45) is -0.763. The molecular formula is C24H34Br2N6O6. The number of halogens is 2. The van der Waals surface area contributed by atoms with Crippen LogP contribution in [0, 0.1) is 5.92 Å². The van der Waals surface area contributed by atoms with Crippen LogP contribution in [0.3, 0.4) is 0 Å². The minimum Gasteiger partial charge on any atom is -0.447 e. The standard InChI is InChI=1S/C24H34Br2N6O6/c1-15(2)21(23(35)27-16(3)22(34)28-18-6-4-17(14-33)5-7-18)29-24(36)38-11-10-37-9-8-32-30-19(12-25)20(13-26)31-32/h4-7,15-16,21,33H,8-14H2,1-3H3,(H,27,35)(H,28,34)(H,29,36)/t16-,21-/m0/s1. The van der Waals surface area contributed by atoms with Crippen LogP contribution in [-0.2, 0) is 42.9 Å². The number of aliphatic hydroxyl groups excluding tert-OH is 1. The first-order valence-electron chi connectivity index (χ1n) is 12.0. The summed E-state index contributed by atoms with van der Waals surface area (Å²) >= 11 is 6.75. The van der Waals surface area contributed by atoms with Crippen molar-refractivity contribution < 1.29 is 29.0 Å². The molecule has 14 heteroatoms. The van der Waals surface area contributed by atoms with E-state index in [9.17, 15) is 14.4 Å². The lowest BCUT2D eigenvalue weighted by Gasteiger charge is -2.23. The van der Waals surface area contributed by atoms with E-state index in [0.717, 1.165) is 11.4 Å². The van der Waals surface area contributed by atoms with E-state index in [1.807, 2.05) is 0 Å². The number of amides is 3. The van der Waals surface area contributed by atoms with E-state index in [-0.39, 0.29) is 25.7 Å². The number of hydrogen-bond donors (Lipinski definition) is 4. The Morgan fingerprint density at radius 1 is 0.947 bits per heavy atom. The first kappa shape index (κ1) is 31.7. The third kappa shape index (κ3) is 10.3. The highest BCUT2D eigenvalue weighted by atomic mass is 79.9. The van der Waals surface area contributed by atoms with Gasteiger partial charge in [0.25, 0.3) is 0 Å². The lowest BCUT2D eigenvalue weighted by molar-refractivity contribution is -0.128. The van der Waals surface area contributed by atoms with Crippen LogP contribution in [0.2, 0.25) is 0 Å². The third-order valence-corrected chi connectivity index (χ3v) is 6.40. The van der Waals surface area contributed by atoms with Crippen LogP contribution in [0.5, 0.6) is 0 Å². The van der Waals surface area contributed by atoms with Crippen molar-refractivity contribution in [2.24, 2.45) is 5.92 Å². The molecule has 0 radical (unpaired) electrons. The minimum absolute atomic E-state index is 0.00200. The van der Waals surface area contributed by atoms with Gasteiger partial charge in [-0.05, 0) is 30.5 Å². The van der Waals surface area contributed by atoms with Crippen molar-refractivity contribution >= 4 is 55.5 Å². The van der Waals surface area contributed by atoms with Crippen LogP contribution < -0.4 is 16.0 Å². The van der Waals surface area contributed by atoms with Crippen molar-refractivity contribution in [3.05, 3.63) is 41.2 Å². The zero-order chi connectivity index (χ0) is 28.1. The molecule has 0 bridgehead atoms. The molecule has 0 aliphatic carbocycles. The number of benzene rings is 1. The van der Waals surface area contributed by atoms with Crippen molar-refractivity contribution in [2.75, 3.05) is 25.1 Å². The number of carbonyl (C=O) groups is 3. The Kier molecular flexibility index (Phi) is 13.7. The molecule has 38 heavy (non-hydrogen) atoms. The Labute approximate surface area is 238 Å². The Morgan fingerprint density at radius 3 is 2.13 bits per heavy atom. The van der Waals surface area contributed by atoms with E-state index in [1.165, 1.54) is 0 Å². The molecule has 2 aromatic rings. The largest absolute Gasteiger partial charge is 0.447 e. The number of hydrogen-bond acceptors (Lipinski definition) is 8. The van der Waals surface area contributed by atoms with Gasteiger partial charge in [-0.25, -0.2) is 4.79 Å². The van der Waals surface area contributed by atoms with E-state index < -0.39 is 30.0 Å². The predicted molar refractivity (Wildman–Crippen MR) is 148 cm³/mol. The molecular weight excluding hydrogens is 628 g/mol. The minimum atomic E-state index is -0.902. The molecule has 2 rings (SSSR count). The van der Waals surface area contributed by atoms with Crippen LogP contribution in [0.15, 0.2) is 24.3 Å². The smallest absolute Gasteiger partial charge is 0.407 e. The highest BCUT2D eigenvalue weighted by molar-refractivity contribution is 9.09. The predicted octanol–water partition coefficient (Wildman–Crippen LogP) is 2.47. The van der Waals surface area contributed by atoms with Gasteiger partial charge in [0.15, 0.2) is 0 Å². The maximum atomic E-state index is 12.8. The maximum absolute atomic E-state index is 12.8. The van der Waals surface area contributed by atoms with Crippen LogP contribution in [0.4, 0.5) is 10.5 Å². The first-order chi connectivity index (χ1) is 18.2. The molecule has 0 aliphatic heterocycles. The topological polar surface area (TPSA) is 157 Å². The number of carbonyl (C=O) groups excluding carboxylic acids is 3. The average Bonchev–Trinajstić information content (AvgIpc) is 3.31. The number of nitrogens with one attached hydrogen (secondary N) is 3. The van der Waals surface area contributed by atoms with Gasteiger partial charge >= 0.3 is 6.09 Å². The van der Waals surface area contributed by atoms with Crippen molar-refractivity contribution in [3.8, 4) is 0 Å². The van der Waals surface area contributed by atoms with E-state index in [0.29, 0.717) is 35.1 Å². The average molecular weight is 662 g/mol. The van der Waals surface area contributed by atoms with Gasteiger partial charge in [-0.1, -0.05) is 57.8 Å². The molecule has 4 N–H and O–H groups in total. The van der Waals surface area contributed by atoms with Gasteiger partial charge < -0.3 is 30.5 Å². The Bertz CT molecular complexity index is 1030. The Morgan fingerprint density at radius 2 is 1.58 bits per heavy atom. The van der Waals surface area contributed by atoms with Gasteiger partial charge in [0.2, 0.25) is 11.8 Å². The normalized spacial score (nSPS) is 12.6. The Balaban J connectivity index is 1.72. The van der Waals surface area contributed by atoms with Crippen molar-refractivity contribution in [1.29, 1.82) is 0 Å². The van der Waals surface area contributed by atoms with Gasteiger partial charge in [0.1, 0.15) is 18.7 Å². The Hall–Kier alpha value is -2.55. The van der Waals surface area contributed by atoms with E-state index >= 15 is 0 Å². The molecule has 0 fully saturated rings. The fraction of sp³-hybridized carbons (Fsp3) is 0.542. The van der Waals surface area contributed by atoms with Crippen LogP contribution in [0.25, 0.3) is 0 Å². The lowest BCUT2D eigenvalue weighted by Crippen LogP contribution is -2.53. The summed E-state index contributed by atoms with van der Waals surface area (Å²) in [5.41, 5.74) is 2.96. The number of aliphatic hydroxyl groups is 1. The number of nitrogens with zero attached hydrogens (tertiary/aromatic N) is 3. The van der Waals surface area contributed by atoms with Gasteiger partial charge in [-0.2, -0.15) is 15.0 Å². The van der Waals surface area contributed by atoms with E-state index in [1.54, 1.807) is 49.8 Å². The summed E-state index contributed by atoms with van der Waals surface area (Å²) in [6, 6.07) is 4.93. The summed E-state index contributed by atoms with van der Waals surface area (Å²) in [5.74, 6) is -1.19. The van der Waals surface area contributed by atoms with Crippen LogP contribution in [-0.4, -0.2) is 69.9 Å². The second-order valence-corrected chi connectivity index (χ2v) is 9.77. The summed E-state index contributed by atoms with van der Waals surface area (Å²) in [7, 11) is 0. The molecule has 1 aromatic heterocycles. The molecule has 2 atom stereocenters. The second kappa shape index (κ2) is 16.4. The summed E-state index contributed by atoms with van der Waals surface area (Å²) < 4.78 is 10.6. The van der Waals surface area contributed by atoms with E-state index in [2.05, 4.69) is 58.0 Å². The highest BCUT2D eigenvalue weighted by Crippen LogP contribution is 2.11. The summed E-state index contributed by atoms with van der Waals surface area (Å²) in [6.45, 7) is 5.94. The molecule has 1 aromatic carbocycles. The van der Waals surface area contributed by atoms with E-state index in [4.69, 9.17) is 14.6 Å². The van der Waals surface area contributed by atoms with Gasteiger partial charge in [-0.3, -0.25) is 9.59 Å².